The fourth-order valence-electron chi connectivity index (χ4n) is 1.41. The topological polar surface area (TPSA) is 24.1 Å². The van der Waals surface area contributed by atoms with Crippen molar-refractivity contribution in [2.24, 2.45) is 0 Å². The van der Waals surface area contributed by atoms with Gasteiger partial charge in [0.2, 0.25) is 0 Å². The Bertz CT molecular complexity index is 540. The summed E-state index contributed by atoms with van der Waals surface area (Å²) in [4.78, 5) is 0. The normalized spacial score (nSPS) is 9.89. The molecule has 2 aromatic rings. The number of hydrogen-bond acceptors (Lipinski definition) is 1. The average Bonchev–Trinajstić information content (AvgIpc) is 2.35. The lowest BCUT2D eigenvalue weighted by Crippen LogP contribution is -2.20. The molecule has 0 bridgehead atoms. The maximum absolute atomic E-state index is 13.6. The highest BCUT2D eigenvalue weighted by atomic mass is 79.9. The van der Waals surface area contributed by atoms with Gasteiger partial charge in [0.15, 0.2) is 5.11 Å². The van der Waals surface area contributed by atoms with E-state index in [0.29, 0.717) is 15.3 Å². The molecule has 0 saturated carbocycles. The molecule has 92 valence electrons. The number of anilines is 2. The number of rotatable bonds is 2. The smallest absolute Gasteiger partial charge is 0.175 e. The highest BCUT2D eigenvalue weighted by Gasteiger charge is 2.07. The fourth-order valence-corrected chi connectivity index (χ4v) is 2.08. The molecule has 0 aromatic heterocycles. The second-order valence-electron chi connectivity index (χ2n) is 3.54. The lowest BCUT2D eigenvalue weighted by molar-refractivity contribution is 0.631. The minimum atomic E-state index is -0.360. The van der Waals surface area contributed by atoms with Crippen LogP contribution in [0.15, 0.2) is 53.0 Å². The van der Waals surface area contributed by atoms with Crippen LogP contribution in [-0.2, 0) is 0 Å². The lowest BCUT2D eigenvalue weighted by Gasteiger charge is -2.12. The summed E-state index contributed by atoms with van der Waals surface area (Å²) >= 11 is 8.40. The second-order valence-corrected chi connectivity index (χ2v) is 4.80. The summed E-state index contributed by atoms with van der Waals surface area (Å²) in [5.41, 5.74) is 1.17. The Morgan fingerprint density at radius 1 is 1.00 bits per heavy atom. The molecule has 5 heteroatoms. The van der Waals surface area contributed by atoms with Gasteiger partial charge in [0.05, 0.1) is 5.69 Å². The first-order chi connectivity index (χ1) is 8.66. The van der Waals surface area contributed by atoms with E-state index >= 15 is 0 Å². The summed E-state index contributed by atoms with van der Waals surface area (Å²) in [5, 5.41) is 6.14. The van der Waals surface area contributed by atoms with Gasteiger partial charge in [-0.05, 0) is 52.4 Å². The molecule has 0 aliphatic carbocycles. The molecule has 2 aromatic carbocycles. The van der Waals surface area contributed by atoms with Gasteiger partial charge in [-0.3, -0.25) is 0 Å². The molecule has 2 nitrogen and oxygen atoms in total. The molecule has 0 atom stereocenters. The largest absolute Gasteiger partial charge is 0.332 e. The first kappa shape index (κ1) is 13.0. The van der Waals surface area contributed by atoms with Gasteiger partial charge in [-0.1, -0.05) is 24.3 Å². The maximum atomic E-state index is 13.6. The molecular formula is C13H10BrFN2S. The van der Waals surface area contributed by atoms with E-state index in [2.05, 4.69) is 26.6 Å². The van der Waals surface area contributed by atoms with E-state index in [1.807, 2.05) is 30.3 Å². The summed E-state index contributed by atoms with van der Waals surface area (Å²) in [6.45, 7) is 0. The molecule has 0 fully saturated rings. The second kappa shape index (κ2) is 5.93. The van der Waals surface area contributed by atoms with Crippen molar-refractivity contribution in [3.63, 3.8) is 0 Å². The van der Waals surface area contributed by atoms with Gasteiger partial charge in [-0.15, -0.1) is 0 Å². The van der Waals surface area contributed by atoms with Crippen molar-refractivity contribution >= 4 is 44.6 Å². The first-order valence-electron chi connectivity index (χ1n) is 5.24. The van der Waals surface area contributed by atoms with E-state index in [1.165, 1.54) is 6.07 Å². The predicted molar refractivity (Wildman–Crippen MR) is 80.4 cm³/mol. The van der Waals surface area contributed by atoms with Crippen LogP contribution in [0.25, 0.3) is 0 Å². The van der Waals surface area contributed by atoms with Gasteiger partial charge in [0.25, 0.3) is 0 Å². The summed E-state index contributed by atoms with van der Waals surface area (Å²) in [5.74, 6) is -0.360. The third-order valence-corrected chi connectivity index (χ3v) is 3.10. The van der Waals surface area contributed by atoms with Crippen molar-refractivity contribution in [1.82, 2.24) is 0 Å². The predicted octanol–water partition coefficient (Wildman–Crippen LogP) is 4.40. The summed E-state index contributed by atoms with van der Waals surface area (Å²) in [6.07, 6.45) is 0. The minimum absolute atomic E-state index is 0.325. The van der Waals surface area contributed by atoms with Crippen molar-refractivity contribution in [3.05, 3.63) is 58.8 Å². The number of benzene rings is 2. The quantitative estimate of drug-likeness (QED) is 0.801. The molecule has 2 N–H and O–H groups in total. The molecule has 0 amide bonds. The van der Waals surface area contributed by atoms with Crippen LogP contribution in [-0.4, -0.2) is 5.11 Å². The van der Waals surface area contributed by atoms with Gasteiger partial charge in [0, 0.05) is 10.2 Å². The van der Waals surface area contributed by atoms with Crippen LogP contribution in [0.1, 0.15) is 0 Å². The Balaban J connectivity index is 2.08. The van der Waals surface area contributed by atoms with Crippen LogP contribution in [0.3, 0.4) is 0 Å². The van der Waals surface area contributed by atoms with Crippen LogP contribution in [0.5, 0.6) is 0 Å². The van der Waals surface area contributed by atoms with E-state index in [4.69, 9.17) is 12.2 Å². The standard InChI is InChI=1S/C13H10BrFN2S/c14-10-7-4-8-11(15)12(10)17-13(18)16-9-5-2-1-3-6-9/h1-8H,(H2,16,17,18). The number of nitrogens with one attached hydrogen (secondary N) is 2. The first-order valence-corrected chi connectivity index (χ1v) is 6.44. The van der Waals surface area contributed by atoms with E-state index in [0.717, 1.165) is 5.69 Å². The van der Waals surface area contributed by atoms with Crippen LogP contribution in [0, 0.1) is 5.82 Å². The molecule has 0 aliphatic rings. The van der Waals surface area contributed by atoms with E-state index in [9.17, 15) is 4.39 Å². The van der Waals surface area contributed by atoms with E-state index in [1.54, 1.807) is 12.1 Å². The van der Waals surface area contributed by atoms with Crippen LogP contribution >= 0.6 is 28.1 Å². The number of thiocarbonyl (C=S) groups is 1. The highest BCUT2D eigenvalue weighted by molar-refractivity contribution is 9.10. The minimum Gasteiger partial charge on any atom is -0.332 e. The molecule has 2 rings (SSSR count). The zero-order valence-electron chi connectivity index (χ0n) is 9.28. The third-order valence-electron chi connectivity index (χ3n) is 2.23. The monoisotopic (exact) mass is 324 g/mol. The average molecular weight is 325 g/mol. The molecule has 0 spiro atoms. The molecular weight excluding hydrogens is 315 g/mol. The Kier molecular flexibility index (Phi) is 4.28. The van der Waals surface area contributed by atoms with Crippen LogP contribution in [0.2, 0.25) is 0 Å². The zero-order valence-corrected chi connectivity index (χ0v) is 11.7. The number of para-hydroxylation sites is 2. The van der Waals surface area contributed by atoms with Gasteiger partial charge >= 0.3 is 0 Å². The summed E-state index contributed by atoms with van der Waals surface area (Å²) in [7, 11) is 0. The third kappa shape index (κ3) is 3.27. The van der Waals surface area contributed by atoms with Crippen molar-refractivity contribution in [2.75, 3.05) is 10.6 Å². The van der Waals surface area contributed by atoms with Gasteiger partial charge in [-0.2, -0.15) is 0 Å². The Morgan fingerprint density at radius 2 is 1.72 bits per heavy atom. The Morgan fingerprint density at radius 3 is 2.39 bits per heavy atom. The highest BCUT2D eigenvalue weighted by Crippen LogP contribution is 2.25. The van der Waals surface area contributed by atoms with Crippen LogP contribution in [0.4, 0.5) is 15.8 Å². The van der Waals surface area contributed by atoms with Gasteiger partial charge in [0.1, 0.15) is 5.82 Å². The summed E-state index contributed by atoms with van der Waals surface area (Å²) < 4.78 is 14.2. The van der Waals surface area contributed by atoms with Gasteiger partial charge < -0.3 is 10.6 Å². The number of halogens is 2. The SMILES string of the molecule is Fc1cccc(Br)c1NC(=S)Nc1ccccc1. The Hall–Kier alpha value is -1.46. The molecule has 0 aliphatic heterocycles. The van der Waals surface area contributed by atoms with Crippen molar-refractivity contribution < 1.29 is 4.39 Å². The molecule has 0 radical (unpaired) electrons. The van der Waals surface area contributed by atoms with E-state index in [-0.39, 0.29) is 5.82 Å². The van der Waals surface area contributed by atoms with Gasteiger partial charge in [-0.25, -0.2) is 4.39 Å². The molecule has 0 heterocycles. The van der Waals surface area contributed by atoms with Crippen LogP contribution < -0.4 is 10.6 Å². The molecule has 18 heavy (non-hydrogen) atoms. The Labute approximate surface area is 118 Å². The molecule has 0 saturated heterocycles. The number of hydrogen-bond donors (Lipinski definition) is 2. The lowest BCUT2D eigenvalue weighted by atomic mass is 10.3. The van der Waals surface area contributed by atoms with Crippen molar-refractivity contribution in [1.29, 1.82) is 0 Å². The van der Waals surface area contributed by atoms with Crippen molar-refractivity contribution in [2.45, 2.75) is 0 Å². The fraction of sp³-hybridized carbons (Fsp3) is 0. The maximum Gasteiger partial charge on any atom is 0.175 e. The van der Waals surface area contributed by atoms with Crippen molar-refractivity contribution in [3.8, 4) is 0 Å². The molecule has 0 unspecified atom stereocenters. The van der Waals surface area contributed by atoms with E-state index < -0.39 is 0 Å². The summed E-state index contributed by atoms with van der Waals surface area (Å²) in [6, 6.07) is 14.2. The zero-order chi connectivity index (χ0) is 13.0.